The third-order valence-corrected chi connectivity index (χ3v) is 8.12. The number of hydrogen-bond acceptors (Lipinski definition) is 9. The number of nitrogens with zero attached hydrogens (tertiary/aromatic N) is 6. The van der Waals surface area contributed by atoms with Gasteiger partial charge in [0.05, 0.1) is 27.4 Å². The first kappa shape index (κ1) is 31.3. The average Bonchev–Trinajstić information content (AvgIpc) is 3.74. The van der Waals surface area contributed by atoms with Crippen LogP contribution in [0.25, 0.3) is 11.4 Å². The van der Waals surface area contributed by atoms with Crippen LogP contribution in [0, 0.1) is 5.82 Å². The fraction of sp³-hybridized carbons (Fsp3) is 0.516. The van der Waals surface area contributed by atoms with E-state index >= 15 is 0 Å². The van der Waals surface area contributed by atoms with Crippen LogP contribution in [0.3, 0.4) is 0 Å². The molecule has 44 heavy (non-hydrogen) atoms. The number of hydrogen-bond donors (Lipinski definition) is 1. The van der Waals surface area contributed by atoms with Crippen LogP contribution >= 0.6 is 0 Å². The first-order valence-electron chi connectivity index (χ1n) is 15.1. The summed E-state index contributed by atoms with van der Waals surface area (Å²) in [5.41, 5.74) is 1.18. The minimum Gasteiger partial charge on any atom is -0.493 e. The predicted octanol–water partition coefficient (Wildman–Crippen LogP) is 2.85. The lowest BCUT2D eigenvalue weighted by Crippen LogP contribution is -2.48. The number of benzene rings is 2. The summed E-state index contributed by atoms with van der Waals surface area (Å²) in [6.07, 6.45) is 4.54. The molecule has 1 aliphatic carbocycles. The van der Waals surface area contributed by atoms with Gasteiger partial charge in [0.25, 0.3) is 0 Å². The Bertz CT molecular complexity index is 1390. The van der Waals surface area contributed by atoms with Crippen LogP contribution in [0.15, 0.2) is 42.5 Å². The van der Waals surface area contributed by atoms with Crippen molar-refractivity contribution in [1.29, 1.82) is 0 Å². The molecular weight excluding hydrogens is 569 g/mol. The van der Waals surface area contributed by atoms with Gasteiger partial charge in [0, 0.05) is 37.8 Å². The number of ether oxygens (including phenoxy) is 3. The van der Waals surface area contributed by atoms with E-state index < -0.39 is 11.9 Å². The molecule has 1 N–H and O–H groups in total. The minimum absolute atomic E-state index is 0.0526. The van der Waals surface area contributed by atoms with E-state index in [0.29, 0.717) is 54.6 Å². The molecule has 0 bridgehead atoms. The van der Waals surface area contributed by atoms with Crippen LogP contribution in [-0.4, -0.2) is 101 Å². The Labute approximate surface area is 256 Å². The van der Waals surface area contributed by atoms with Crippen molar-refractivity contribution in [3.05, 3.63) is 53.8 Å². The van der Waals surface area contributed by atoms with Gasteiger partial charge in [-0.15, -0.1) is 10.2 Å². The van der Waals surface area contributed by atoms with Gasteiger partial charge in [0.2, 0.25) is 17.6 Å². The molecule has 5 rings (SSSR count). The Morgan fingerprint density at radius 2 is 1.80 bits per heavy atom. The summed E-state index contributed by atoms with van der Waals surface area (Å²) in [6, 6.07) is 10.1. The van der Waals surface area contributed by atoms with Gasteiger partial charge >= 0.3 is 0 Å². The number of tetrazole rings is 1. The average molecular weight is 610 g/mol. The van der Waals surface area contributed by atoms with Gasteiger partial charge in [-0.05, 0) is 60.4 Å². The lowest BCUT2D eigenvalue weighted by Gasteiger charge is -2.33. The SMILES string of the molecule is COc1ccc(-c2nnn(CC(=O)N(CCCN3CCOCC3)C(C(=O)NC3CCCC3)c3ccc(F)cc3)n2)cc1OC. The van der Waals surface area contributed by atoms with Gasteiger partial charge in [-0.1, -0.05) is 25.0 Å². The molecule has 3 aromatic rings. The minimum atomic E-state index is -0.942. The summed E-state index contributed by atoms with van der Waals surface area (Å²) in [4.78, 5) is 32.9. The van der Waals surface area contributed by atoms with Crippen LogP contribution in [0.1, 0.15) is 43.7 Å². The molecule has 1 aromatic heterocycles. The smallest absolute Gasteiger partial charge is 0.247 e. The van der Waals surface area contributed by atoms with Crippen LogP contribution in [0.4, 0.5) is 4.39 Å². The van der Waals surface area contributed by atoms with E-state index in [-0.39, 0.29) is 24.4 Å². The summed E-state index contributed by atoms with van der Waals surface area (Å²) in [7, 11) is 3.09. The molecule has 1 saturated carbocycles. The fourth-order valence-electron chi connectivity index (χ4n) is 5.77. The maximum absolute atomic E-state index is 14.0. The maximum Gasteiger partial charge on any atom is 0.247 e. The number of aromatic nitrogens is 4. The number of amides is 2. The highest BCUT2D eigenvalue weighted by Gasteiger charge is 2.33. The van der Waals surface area contributed by atoms with E-state index in [2.05, 4.69) is 25.6 Å². The highest BCUT2D eigenvalue weighted by Crippen LogP contribution is 2.31. The number of halogens is 1. The third kappa shape index (κ3) is 7.88. The standard InChI is InChI=1S/C31H40FN7O5/c1-42-26-13-10-23(20-27(26)43-2)30-34-36-39(35-30)21-28(40)38(15-5-14-37-16-18-44-19-17-37)29(22-8-11-24(32)12-9-22)31(41)33-25-6-3-4-7-25/h8-13,20,25,29H,3-7,14-19,21H2,1-2H3,(H,33,41). The van der Waals surface area contributed by atoms with Crippen LogP contribution < -0.4 is 14.8 Å². The van der Waals surface area contributed by atoms with Crippen molar-refractivity contribution in [2.75, 3.05) is 53.6 Å². The van der Waals surface area contributed by atoms with E-state index in [0.717, 1.165) is 45.3 Å². The van der Waals surface area contributed by atoms with Crippen molar-refractivity contribution in [2.45, 2.75) is 50.7 Å². The number of methoxy groups -OCH3 is 2. The maximum atomic E-state index is 14.0. The quantitative estimate of drug-likeness (QED) is 0.312. The molecule has 2 amide bonds. The summed E-state index contributed by atoms with van der Waals surface area (Å²) in [5.74, 6) is 0.351. The fourth-order valence-corrected chi connectivity index (χ4v) is 5.77. The molecule has 2 aliphatic rings. The summed E-state index contributed by atoms with van der Waals surface area (Å²) >= 11 is 0. The van der Waals surface area contributed by atoms with Crippen LogP contribution in [0.2, 0.25) is 0 Å². The molecule has 1 unspecified atom stereocenters. The highest BCUT2D eigenvalue weighted by atomic mass is 19.1. The van der Waals surface area contributed by atoms with Crippen LogP contribution in [-0.2, 0) is 20.9 Å². The van der Waals surface area contributed by atoms with E-state index in [1.54, 1.807) is 49.5 Å². The topological polar surface area (TPSA) is 124 Å². The molecule has 2 heterocycles. The first-order valence-corrected chi connectivity index (χ1v) is 15.1. The van der Waals surface area contributed by atoms with Crippen molar-refractivity contribution < 1.29 is 28.2 Å². The first-order chi connectivity index (χ1) is 21.4. The van der Waals surface area contributed by atoms with Gasteiger partial charge in [0.1, 0.15) is 18.4 Å². The van der Waals surface area contributed by atoms with Crippen molar-refractivity contribution >= 4 is 11.8 Å². The number of carbonyl (C=O) groups is 2. The second kappa shape index (κ2) is 15.1. The zero-order valence-corrected chi connectivity index (χ0v) is 25.3. The van der Waals surface area contributed by atoms with Crippen molar-refractivity contribution in [1.82, 2.24) is 35.3 Å². The molecular formula is C31H40FN7O5. The Morgan fingerprint density at radius 3 is 2.50 bits per heavy atom. The molecule has 1 saturated heterocycles. The molecule has 0 radical (unpaired) electrons. The summed E-state index contributed by atoms with van der Waals surface area (Å²) in [6.45, 7) is 3.81. The summed E-state index contributed by atoms with van der Waals surface area (Å²) in [5, 5.41) is 15.9. The van der Waals surface area contributed by atoms with Gasteiger partial charge in [-0.2, -0.15) is 4.80 Å². The normalized spacial score (nSPS) is 16.4. The zero-order valence-electron chi connectivity index (χ0n) is 25.3. The van der Waals surface area contributed by atoms with E-state index in [1.165, 1.54) is 16.9 Å². The van der Waals surface area contributed by atoms with E-state index in [9.17, 15) is 14.0 Å². The molecule has 1 atom stereocenters. The lowest BCUT2D eigenvalue weighted by atomic mass is 10.0. The molecule has 0 spiro atoms. The van der Waals surface area contributed by atoms with Crippen molar-refractivity contribution in [2.24, 2.45) is 0 Å². The van der Waals surface area contributed by atoms with Gasteiger partial charge in [0.15, 0.2) is 11.5 Å². The van der Waals surface area contributed by atoms with E-state index in [1.807, 2.05) is 0 Å². The molecule has 1 aliphatic heterocycles. The Morgan fingerprint density at radius 1 is 1.07 bits per heavy atom. The number of morpholine rings is 1. The predicted molar refractivity (Wildman–Crippen MR) is 159 cm³/mol. The zero-order chi connectivity index (χ0) is 30.9. The number of carbonyl (C=O) groups excluding carboxylic acids is 2. The van der Waals surface area contributed by atoms with Crippen molar-refractivity contribution in [3.8, 4) is 22.9 Å². The van der Waals surface area contributed by atoms with E-state index in [4.69, 9.17) is 14.2 Å². The van der Waals surface area contributed by atoms with Crippen LogP contribution in [0.5, 0.6) is 11.5 Å². The molecule has 13 heteroatoms. The monoisotopic (exact) mass is 609 g/mol. The molecule has 12 nitrogen and oxygen atoms in total. The highest BCUT2D eigenvalue weighted by molar-refractivity contribution is 5.89. The Balaban J connectivity index is 1.39. The third-order valence-electron chi connectivity index (χ3n) is 8.12. The molecule has 236 valence electrons. The second-order valence-electron chi connectivity index (χ2n) is 11.1. The Hall–Kier alpha value is -4.10. The summed E-state index contributed by atoms with van der Waals surface area (Å²) < 4.78 is 30.1. The number of rotatable bonds is 13. The number of nitrogens with one attached hydrogen (secondary N) is 1. The molecule has 2 aromatic carbocycles. The Kier molecular flexibility index (Phi) is 10.7. The van der Waals surface area contributed by atoms with Gasteiger partial charge in [-0.25, -0.2) is 4.39 Å². The van der Waals surface area contributed by atoms with Gasteiger partial charge in [-0.3, -0.25) is 14.5 Å². The lowest BCUT2D eigenvalue weighted by molar-refractivity contribution is -0.142. The second-order valence-corrected chi connectivity index (χ2v) is 11.1. The molecule has 2 fully saturated rings. The van der Waals surface area contributed by atoms with Gasteiger partial charge < -0.3 is 24.4 Å². The largest absolute Gasteiger partial charge is 0.493 e. The van der Waals surface area contributed by atoms with Crippen molar-refractivity contribution in [3.63, 3.8) is 0 Å².